The van der Waals surface area contributed by atoms with E-state index in [4.69, 9.17) is 4.74 Å². The standard InChI is InChI=1S/C16H19O/c1-3-8-15(16(11-4-2)13-17-16)12-14-9-6-5-7-10-14/h3-7,9-10H,1-2,8,11-13H2. The van der Waals surface area contributed by atoms with E-state index >= 15 is 0 Å². The van der Waals surface area contributed by atoms with Crippen LogP contribution in [0, 0.1) is 5.92 Å². The van der Waals surface area contributed by atoms with Gasteiger partial charge in [-0.3, -0.25) is 0 Å². The summed E-state index contributed by atoms with van der Waals surface area (Å²) in [6.45, 7) is 8.49. The first-order valence-electron chi connectivity index (χ1n) is 6.05. The van der Waals surface area contributed by atoms with Crippen LogP contribution in [-0.2, 0) is 11.2 Å². The van der Waals surface area contributed by atoms with Crippen molar-refractivity contribution in [2.45, 2.75) is 24.9 Å². The molecule has 1 aromatic carbocycles. The first-order chi connectivity index (χ1) is 8.30. The lowest BCUT2D eigenvalue weighted by atomic mass is 9.82. The van der Waals surface area contributed by atoms with Gasteiger partial charge in [-0.1, -0.05) is 42.5 Å². The Morgan fingerprint density at radius 1 is 1.24 bits per heavy atom. The Hall–Kier alpha value is -1.34. The predicted molar refractivity (Wildman–Crippen MR) is 71.7 cm³/mol. The summed E-state index contributed by atoms with van der Waals surface area (Å²) in [5.41, 5.74) is 1.29. The molecule has 0 bridgehead atoms. The molecule has 1 nitrogen and oxygen atoms in total. The van der Waals surface area contributed by atoms with Gasteiger partial charge in [-0.15, -0.1) is 13.2 Å². The summed E-state index contributed by atoms with van der Waals surface area (Å²) < 4.78 is 5.67. The molecule has 1 heterocycles. The van der Waals surface area contributed by atoms with Gasteiger partial charge in [-0.25, -0.2) is 0 Å². The monoisotopic (exact) mass is 227 g/mol. The third-order valence-corrected chi connectivity index (χ3v) is 3.26. The highest BCUT2D eigenvalue weighted by molar-refractivity contribution is 5.28. The summed E-state index contributed by atoms with van der Waals surface area (Å²) in [5.74, 6) is 1.42. The lowest BCUT2D eigenvalue weighted by Gasteiger charge is -2.21. The second kappa shape index (κ2) is 5.33. The summed E-state index contributed by atoms with van der Waals surface area (Å²) in [6, 6.07) is 10.5. The van der Waals surface area contributed by atoms with Crippen molar-refractivity contribution in [1.82, 2.24) is 0 Å². The van der Waals surface area contributed by atoms with Crippen molar-refractivity contribution in [3.05, 3.63) is 67.1 Å². The first kappa shape index (κ1) is 12.1. The maximum absolute atomic E-state index is 5.67. The van der Waals surface area contributed by atoms with Crippen molar-refractivity contribution in [1.29, 1.82) is 0 Å². The second-order valence-corrected chi connectivity index (χ2v) is 4.53. The second-order valence-electron chi connectivity index (χ2n) is 4.53. The highest BCUT2D eigenvalue weighted by atomic mass is 16.6. The third kappa shape index (κ3) is 2.86. The zero-order valence-electron chi connectivity index (χ0n) is 10.2. The molecule has 1 aliphatic heterocycles. The molecule has 1 radical (unpaired) electrons. The minimum Gasteiger partial charge on any atom is -0.369 e. The van der Waals surface area contributed by atoms with Crippen LogP contribution in [0.1, 0.15) is 18.4 Å². The molecule has 0 aliphatic carbocycles. The molecule has 0 N–H and O–H groups in total. The maximum Gasteiger partial charge on any atom is 0.102 e. The molecule has 0 aromatic heterocycles. The van der Waals surface area contributed by atoms with E-state index in [1.165, 1.54) is 11.5 Å². The third-order valence-electron chi connectivity index (χ3n) is 3.26. The molecular formula is C16H19O. The van der Waals surface area contributed by atoms with Crippen LogP contribution in [0.25, 0.3) is 0 Å². The topological polar surface area (TPSA) is 12.5 Å². The van der Waals surface area contributed by atoms with E-state index in [-0.39, 0.29) is 5.60 Å². The van der Waals surface area contributed by atoms with Gasteiger partial charge >= 0.3 is 0 Å². The number of benzene rings is 1. The van der Waals surface area contributed by atoms with Crippen LogP contribution in [-0.4, -0.2) is 12.2 Å². The summed E-state index contributed by atoms with van der Waals surface area (Å²) in [7, 11) is 0. The van der Waals surface area contributed by atoms with Crippen LogP contribution >= 0.6 is 0 Å². The fraction of sp³-hybridized carbons (Fsp3) is 0.312. The Morgan fingerprint density at radius 2 is 1.94 bits per heavy atom. The van der Waals surface area contributed by atoms with Gasteiger partial charge in [0.05, 0.1) is 6.61 Å². The largest absolute Gasteiger partial charge is 0.369 e. The SMILES string of the molecule is C=CC[C](Cc1ccccc1)C1(CC=C)CO1. The molecule has 1 aromatic rings. The van der Waals surface area contributed by atoms with E-state index in [0.717, 1.165) is 25.9 Å². The van der Waals surface area contributed by atoms with Crippen LogP contribution in [0.15, 0.2) is 55.6 Å². The van der Waals surface area contributed by atoms with Crippen LogP contribution < -0.4 is 0 Å². The summed E-state index contributed by atoms with van der Waals surface area (Å²) >= 11 is 0. The smallest absolute Gasteiger partial charge is 0.102 e. The zero-order chi connectivity index (χ0) is 12.1. The summed E-state index contributed by atoms with van der Waals surface area (Å²) in [6.07, 6.45) is 6.71. The normalized spacial score (nSPS) is 22.4. The van der Waals surface area contributed by atoms with Crippen LogP contribution in [0.5, 0.6) is 0 Å². The molecule has 0 amide bonds. The van der Waals surface area contributed by atoms with Gasteiger partial charge in [0, 0.05) is 5.92 Å². The molecule has 1 aliphatic rings. The lowest BCUT2D eigenvalue weighted by molar-refractivity contribution is 0.306. The molecule has 1 atom stereocenters. The Kier molecular flexibility index (Phi) is 3.80. The van der Waals surface area contributed by atoms with Gasteiger partial charge in [-0.05, 0) is 24.8 Å². The molecule has 2 rings (SSSR count). The van der Waals surface area contributed by atoms with Gasteiger partial charge < -0.3 is 4.74 Å². The molecule has 1 fully saturated rings. The summed E-state index contributed by atoms with van der Waals surface area (Å²) in [4.78, 5) is 0. The number of hydrogen-bond acceptors (Lipinski definition) is 1. The number of epoxide rings is 1. The highest BCUT2D eigenvalue weighted by Crippen LogP contribution is 2.44. The molecule has 17 heavy (non-hydrogen) atoms. The quantitative estimate of drug-likeness (QED) is 0.511. The van der Waals surface area contributed by atoms with E-state index in [2.05, 4.69) is 37.4 Å². The summed E-state index contributed by atoms with van der Waals surface area (Å²) in [5, 5.41) is 0. The van der Waals surface area contributed by atoms with Gasteiger partial charge in [0.25, 0.3) is 0 Å². The predicted octanol–water partition coefficient (Wildman–Crippen LogP) is 3.72. The Morgan fingerprint density at radius 3 is 2.47 bits per heavy atom. The number of rotatable bonds is 7. The minimum absolute atomic E-state index is 0.0498. The molecular weight excluding hydrogens is 208 g/mol. The van der Waals surface area contributed by atoms with Crippen LogP contribution in [0.4, 0.5) is 0 Å². The van der Waals surface area contributed by atoms with Crippen molar-refractivity contribution in [3.8, 4) is 0 Å². The average molecular weight is 227 g/mol. The highest BCUT2D eigenvalue weighted by Gasteiger charge is 2.49. The van der Waals surface area contributed by atoms with Crippen molar-refractivity contribution in [2.75, 3.05) is 6.61 Å². The molecule has 89 valence electrons. The fourth-order valence-corrected chi connectivity index (χ4v) is 2.22. The zero-order valence-corrected chi connectivity index (χ0v) is 10.2. The fourth-order valence-electron chi connectivity index (χ4n) is 2.22. The van der Waals surface area contributed by atoms with Gasteiger partial charge in [0.15, 0.2) is 0 Å². The average Bonchev–Trinajstić information content (AvgIpc) is 3.11. The first-order valence-corrected chi connectivity index (χ1v) is 6.05. The van der Waals surface area contributed by atoms with E-state index in [9.17, 15) is 0 Å². The number of allylic oxidation sites excluding steroid dienone is 1. The molecule has 0 spiro atoms. The maximum atomic E-state index is 5.67. The minimum atomic E-state index is -0.0498. The van der Waals surface area contributed by atoms with Gasteiger partial charge in [-0.2, -0.15) is 0 Å². The molecule has 1 heteroatoms. The Bertz CT molecular complexity index is 376. The van der Waals surface area contributed by atoms with E-state index in [0.29, 0.717) is 0 Å². The molecule has 1 unspecified atom stereocenters. The van der Waals surface area contributed by atoms with Crippen molar-refractivity contribution in [2.24, 2.45) is 0 Å². The van der Waals surface area contributed by atoms with Crippen LogP contribution in [0.3, 0.4) is 0 Å². The van der Waals surface area contributed by atoms with Crippen molar-refractivity contribution in [3.63, 3.8) is 0 Å². The number of hydrogen-bond donors (Lipinski definition) is 0. The van der Waals surface area contributed by atoms with Crippen molar-refractivity contribution < 1.29 is 4.74 Å². The van der Waals surface area contributed by atoms with E-state index in [1.54, 1.807) is 0 Å². The van der Waals surface area contributed by atoms with E-state index in [1.807, 2.05) is 18.2 Å². The van der Waals surface area contributed by atoms with Crippen molar-refractivity contribution >= 4 is 0 Å². The number of ether oxygens (including phenoxy) is 1. The molecule has 1 saturated heterocycles. The Balaban J connectivity index is 2.07. The van der Waals surface area contributed by atoms with E-state index < -0.39 is 0 Å². The Labute approximate surface area is 104 Å². The van der Waals surface area contributed by atoms with Crippen LogP contribution in [0.2, 0.25) is 0 Å². The van der Waals surface area contributed by atoms with Gasteiger partial charge in [0.2, 0.25) is 0 Å². The molecule has 0 saturated carbocycles. The lowest BCUT2D eigenvalue weighted by Crippen LogP contribution is -2.23. The van der Waals surface area contributed by atoms with Gasteiger partial charge in [0.1, 0.15) is 5.60 Å².